The third-order valence-electron chi connectivity index (χ3n) is 4.97. The van der Waals surface area contributed by atoms with Crippen LogP contribution in [0.5, 0.6) is 0 Å². The molecule has 18 heavy (non-hydrogen) atoms. The van der Waals surface area contributed by atoms with Gasteiger partial charge in [0.1, 0.15) is 0 Å². The molecule has 1 N–H and O–H groups in total. The van der Waals surface area contributed by atoms with E-state index in [1.165, 1.54) is 77.4 Å². The fourth-order valence-corrected chi connectivity index (χ4v) is 3.84. The van der Waals surface area contributed by atoms with Crippen molar-refractivity contribution in [1.82, 2.24) is 10.2 Å². The van der Waals surface area contributed by atoms with Crippen molar-refractivity contribution in [2.45, 2.75) is 83.2 Å². The van der Waals surface area contributed by atoms with E-state index in [4.69, 9.17) is 0 Å². The van der Waals surface area contributed by atoms with Gasteiger partial charge in [0, 0.05) is 24.7 Å². The largest absolute Gasteiger partial charge is 0.308 e. The van der Waals surface area contributed by atoms with Gasteiger partial charge < -0.3 is 5.32 Å². The Kier molecular flexibility index (Phi) is 5.50. The van der Waals surface area contributed by atoms with Crippen molar-refractivity contribution in [3.63, 3.8) is 0 Å². The molecule has 2 aliphatic rings. The van der Waals surface area contributed by atoms with Crippen LogP contribution in [-0.2, 0) is 0 Å². The second kappa shape index (κ2) is 6.91. The lowest BCUT2D eigenvalue weighted by atomic mass is 9.79. The van der Waals surface area contributed by atoms with Gasteiger partial charge in [-0.25, -0.2) is 0 Å². The van der Waals surface area contributed by atoms with Crippen LogP contribution in [0, 0.1) is 0 Å². The van der Waals surface area contributed by atoms with E-state index in [0.29, 0.717) is 5.54 Å². The van der Waals surface area contributed by atoms with Crippen LogP contribution in [0.3, 0.4) is 0 Å². The van der Waals surface area contributed by atoms with E-state index >= 15 is 0 Å². The summed E-state index contributed by atoms with van der Waals surface area (Å²) in [5.41, 5.74) is 0.482. The van der Waals surface area contributed by atoms with Gasteiger partial charge in [-0.3, -0.25) is 4.90 Å². The predicted octanol–water partition coefficient (Wildman–Crippen LogP) is 3.56. The third-order valence-corrected chi connectivity index (χ3v) is 4.97. The highest BCUT2D eigenvalue weighted by Gasteiger charge is 2.39. The van der Waals surface area contributed by atoms with Crippen LogP contribution in [0.1, 0.15) is 71.6 Å². The fraction of sp³-hybridized carbons (Fsp3) is 1.00. The zero-order valence-corrected chi connectivity index (χ0v) is 12.5. The van der Waals surface area contributed by atoms with Crippen LogP contribution in [-0.4, -0.2) is 36.1 Å². The molecule has 1 saturated carbocycles. The molecule has 1 aliphatic heterocycles. The molecule has 2 nitrogen and oxygen atoms in total. The van der Waals surface area contributed by atoms with Crippen LogP contribution in [0.25, 0.3) is 0 Å². The SMILES string of the molecule is CCCCN1CC2(CCCCC2)NCC1CCC. The Labute approximate surface area is 114 Å². The molecule has 0 amide bonds. The normalized spacial score (nSPS) is 28.7. The van der Waals surface area contributed by atoms with E-state index in [2.05, 4.69) is 24.1 Å². The molecule has 0 aromatic rings. The molecule has 1 heterocycles. The smallest absolute Gasteiger partial charge is 0.0309 e. The van der Waals surface area contributed by atoms with Crippen LogP contribution >= 0.6 is 0 Å². The summed E-state index contributed by atoms with van der Waals surface area (Å²) in [7, 11) is 0. The number of unbranched alkanes of at least 4 members (excludes halogenated alkanes) is 1. The van der Waals surface area contributed by atoms with Gasteiger partial charge in [0.25, 0.3) is 0 Å². The van der Waals surface area contributed by atoms with E-state index in [1.807, 2.05) is 0 Å². The first kappa shape index (κ1) is 14.3. The second-order valence-corrected chi connectivity index (χ2v) is 6.49. The number of rotatable bonds is 5. The average molecular weight is 252 g/mol. The number of nitrogens with zero attached hydrogens (tertiary/aromatic N) is 1. The first-order valence-corrected chi connectivity index (χ1v) is 8.29. The Bertz CT molecular complexity index is 233. The summed E-state index contributed by atoms with van der Waals surface area (Å²) in [5, 5.41) is 3.93. The molecule has 0 radical (unpaired) electrons. The number of hydrogen-bond donors (Lipinski definition) is 1. The summed E-state index contributed by atoms with van der Waals surface area (Å²) >= 11 is 0. The Morgan fingerprint density at radius 1 is 1.11 bits per heavy atom. The maximum Gasteiger partial charge on any atom is 0.0309 e. The lowest BCUT2D eigenvalue weighted by Crippen LogP contribution is -2.64. The highest BCUT2D eigenvalue weighted by atomic mass is 15.3. The lowest BCUT2D eigenvalue weighted by Gasteiger charge is -2.50. The summed E-state index contributed by atoms with van der Waals surface area (Å²) in [6, 6.07) is 0.800. The molecule has 2 rings (SSSR count). The summed E-state index contributed by atoms with van der Waals surface area (Å²) in [4.78, 5) is 2.81. The van der Waals surface area contributed by atoms with Crippen molar-refractivity contribution >= 4 is 0 Å². The average Bonchev–Trinajstić information content (AvgIpc) is 2.40. The van der Waals surface area contributed by atoms with Crippen LogP contribution in [0.4, 0.5) is 0 Å². The maximum atomic E-state index is 3.93. The highest BCUT2D eigenvalue weighted by molar-refractivity contribution is 4.99. The van der Waals surface area contributed by atoms with E-state index < -0.39 is 0 Å². The topological polar surface area (TPSA) is 15.3 Å². The zero-order valence-electron chi connectivity index (χ0n) is 12.5. The summed E-state index contributed by atoms with van der Waals surface area (Å²) in [6.07, 6.45) is 12.5. The molecule has 1 atom stereocenters. The summed E-state index contributed by atoms with van der Waals surface area (Å²) in [6.45, 7) is 8.51. The Hall–Kier alpha value is -0.0800. The van der Waals surface area contributed by atoms with Gasteiger partial charge in [-0.15, -0.1) is 0 Å². The molecule has 1 aliphatic carbocycles. The monoisotopic (exact) mass is 252 g/mol. The van der Waals surface area contributed by atoms with Gasteiger partial charge in [-0.1, -0.05) is 46.0 Å². The Balaban J connectivity index is 1.94. The summed E-state index contributed by atoms with van der Waals surface area (Å²) < 4.78 is 0. The van der Waals surface area contributed by atoms with Gasteiger partial charge in [0.05, 0.1) is 0 Å². The lowest BCUT2D eigenvalue weighted by molar-refractivity contribution is 0.0508. The molecule has 2 heteroatoms. The van der Waals surface area contributed by atoms with E-state index in [0.717, 1.165) is 6.04 Å². The maximum absolute atomic E-state index is 3.93. The summed E-state index contributed by atoms with van der Waals surface area (Å²) in [5.74, 6) is 0. The van der Waals surface area contributed by atoms with E-state index in [9.17, 15) is 0 Å². The van der Waals surface area contributed by atoms with Crippen molar-refractivity contribution in [1.29, 1.82) is 0 Å². The molecule has 0 aromatic heterocycles. The van der Waals surface area contributed by atoms with Crippen molar-refractivity contribution in [2.24, 2.45) is 0 Å². The minimum Gasteiger partial charge on any atom is -0.308 e. The molecule has 1 unspecified atom stereocenters. The third kappa shape index (κ3) is 3.48. The van der Waals surface area contributed by atoms with Crippen LogP contribution in [0.15, 0.2) is 0 Å². The number of piperazine rings is 1. The Morgan fingerprint density at radius 2 is 1.89 bits per heavy atom. The first-order chi connectivity index (χ1) is 8.79. The van der Waals surface area contributed by atoms with Crippen molar-refractivity contribution in [3.05, 3.63) is 0 Å². The van der Waals surface area contributed by atoms with Gasteiger partial charge in [0.2, 0.25) is 0 Å². The molecular formula is C16H32N2. The van der Waals surface area contributed by atoms with Crippen molar-refractivity contribution in [3.8, 4) is 0 Å². The number of nitrogens with one attached hydrogen (secondary N) is 1. The standard InChI is InChI=1S/C16H32N2/c1-3-5-12-18-14-16(10-7-6-8-11-16)17-13-15(18)9-4-2/h15,17H,3-14H2,1-2H3. The van der Waals surface area contributed by atoms with E-state index in [-0.39, 0.29) is 0 Å². The van der Waals surface area contributed by atoms with Gasteiger partial charge in [-0.05, 0) is 32.2 Å². The molecule has 0 aromatic carbocycles. The van der Waals surface area contributed by atoms with Gasteiger partial charge in [0.15, 0.2) is 0 Å². The van der Waals surface area contributed by atoms with Gasteiger partial charge >= 0.3 is 0 Å². The van der Waals surface area contributed by atoms with Crippen molar-refractivity contribution in [2.75, 3.05) is 19.6 Å². The van der Waals surface area contributed by atoms with Crippen molar-refractivity contribution < 1.29 is 0 Å². The van der Waals surface area contributed by atoms with Gasteiger partial charge in [-0.2, -0.15) is 0 Å². The second-order valence-electron chi connectivity index (χ2n) is 6.49. The molecule has 1 saturated heterocycles. The zero-order chi connectivity index (χ0) is 12.8. The molecule has 106 valence electrons. The predicted molar refractivity (Wildman–Crippen MR) is 79.0 cm³/mol. The quantitative estimate of drug-likeness (QED) is 0.805. The molecular weight excluding hydrogens is 220 g/mol. The highest BCUT2D eigenvalue weighted by Crippen LogP contribution is 2.32. The fourth-order valence-electron chi connectivity index (χ4n) is 3.84. The first-order valence-electron chi connectivity index (χ1n) is 8.29. The number of hydrogen-bond acceptors (Lipinski definition) is 2. The molecule has 2 fully saturated rings. The van der Waals surface area contributed by atoms with Crippen LogP contribution in [0.2, 0.25) is 0 Å². The van der Waals surface area contributed by atoms with Crippen LogP contribution < -0.4 is 5.32 Å². The minimum atomic E-state index is 0.482. The molecule has 0 bridgehead atoms. The van der Waals surface area contributed by atoms with E-state index in [1.54, 1.807) is 0 Å². The minimum absolute atomic E-state index is 0.482. The molecule has 1 spiro atoms. The Morgan fingerprint density at radius 3 is 2.56 bits per heavy atom.